The van der Waals surface area contributed by atoms with Crippen molar-refractivity contribution >= 4 is 11.8 Å². The molecule has 1 N–H and O–H groups in total. The summed E-state index contributed by atoms with van der Waals surface area (Å²) < 4.78 is 5.57. The lowest BCUT2D eigenvalue weighted by atomic mass is 9.87. The Morgan fingerprint density at radius 3 is 2.85 bits per heavy atom. The maximum absolute atomic E-state index is 5.57. The van der Waals surface area contributed by atoms with Gasteiger partial charge < -0.3 is 10.1 Å². The van der Waals surface area contributed by atoms with Gasteiger partial charge in [0.2, 0.25) is 0 Å². The molecular formula is C17H27NOS. The van der Waals surface area contributed by atoms with Crippen molar-refractivity contribution in [2.75, 3.05) is 19.4 Å². The van der Waals surface area contributed by atoms with E-state index in [9.17, 15) is 0 Å². The maximum atomic E-state index is 5.57. The maximum Gasteiger partial charge on any atom is 0.0623 e. The Bertz CT molecular complexity index is 433. The second-order valence-corrected chi connectivity index (χ2v) is 7.18. The van der Waals surface area contributed by atoms with Crippen LogP contribution in [0.25, 0.3) is 0 Å². The number of likely N-dealkylation sites (N-methyl/N-ethyl adjacent to an activating group) is 1. The number of thioether (sulfide) groups is 1. The van der Waals surface area contributed by atoms with E-state index in [0.717, 1.165) is 19.4 Å². The van der Waals surface area contributed by atoms with Gasteiger partial charge in [-0.3, -0.25) is 0 Å². The standard InChI is InChI=1S/C17H27NOS/c1-5-18-15(10-11-17(2,3)19-4)14-12-20-16-9-7-6-8-13(14)16/h6-9,14-15,18H,5,10-12H2,1-4H3. The second-order valence-electron chi connectivity index (χ2n) is 6.12. The first-order chi connectivity index (χ1) is 9.57. The SMILES string of the molecule is CCNC(CCC(C)(C)OC)C1CSc2ccccc21. The molecule has 1 aliphatic heterocycles. The molecule has 20 heavy (non-hydrogen) atoms. The highest BCUT2D eigenvalue weighted by Crippen LogP contribution is 2.42. The van der Waals surface area contributed by atoms with E-state index in [2.05, 4.69) is 50.4 Å². The molecule has 3 heteroatoms. The Balaban J connectivity index is 2.06. The van der Waals surface area contributed by atoms with Crippen molar-refractivity contribution in [1.82, 2.24) is 5.32 Å². The van der Waals surface area contributed by atoms with Crippen LogP contribution in [0.5, 0.6) is 0 Å². The van der Waals surface area contributed by atoms with Crippen LogP contribution >= 0.6 is 11.8 Å². The molecule has 0 saturated carbocycles. The Labute approximate surface area is 127 Å². The normalized spacial score (nSPS) is 19.9. The fourth-order valence-corrected chi connectivity index (χ4v) is 4.17. The fraction of sp³-hybridized carbons (Fsp3) is 0.647. The first kappa shape index (κ1) is 15.9. The third-order valence-corrected chi connectivity index (χ3v) is 5.51. The molecule has 0 bridgehead atoms. The van der Waals surface area contributed by atoms with E-state index in [1.165, 1.54) is 16.2 Å². The molecule has 0 amide bonds. The van der Waals surface area contributed by atoms with Crippen LogP contribution < -0.4 is 5.32 Å². The second kappa shape index (κ2) is 6.97. The van der Waals surface area contributed by atoms with Crippen molar-refractivity contribution in [3.8, 4) is 0 Å². The highest BCUT2D eigenvalue weighted by molar-refractivity contribution is 7.99. The number of fused-ring (bicyclic) bond motifs is 1. The molecule has 1 aromatic carbocycles. The Morgan fingerprint density at radius 2 is 2.15 bits per heavy atom. The van der Waals surface area contributed by atoms with E-state index >= 15 is 0 Å². The summed E-state index contributed by atoms with van der Waals surface area (Å²) >= 11 is 2.00. The summed E-state index contributed by atoms with van der Waals surface area (Å²) in [4.78, 5) is 1.46. The molecule has 2 unspecified atom stereocenters. The smallest absolute Gasteiger partial charge is 0.0623 e. The quantitative estimate of drug-likeness (QED) is 0.819. The van der Waals surface area contributed by atoms with E-state index in [4.69, 9.17) is 4.74 Å². The van der Waals surface area contributed by atoms with Crippen LogP contribution in [-0.2, 0) is 4.74 Å². The van der Waals surface area contributed by atoms with Gasteiger partial charge in [-0.05, 0) is 44.9 Å². The van der Waals surface area contributed by atoms with Crippen LogP contribution in [0.4, 0.5) is 0 Å². The molecular weight excluding hydrogens is 266 g/mol. The number of rotatable bonds is 7. The van der Waals surface area contributed by atoms with Gasteiger partial charge in [-0.25, -0.2) is 0 Å². The van der Waals surface area contributed by atoms with Crippen molar-refractivity contribution in [1.29, 1.82) is 0 Å². The third kappa shape index (κ3) is 3.78. The van der Waals surface area contributed by atoms with Crippen molar-refractivity contribution < 1.29 is 4.74 Å². The summed E-state index contributed by atoms with van der Waals surface area (Å²) in [5, 5.41) is 3.69. The van der Waals surface area contributed by atoms with Gasteiger partial charge in [-0.15, -0.1) is 11.8 Å². The number of benzene rings is 1. The van der Waals surface area contributed by atoms with Crippen molar-refractivity contribution in [2.24, 2.45) is 0 Å². The molecule has 1 heterocycles. The number of nitrogens with one attached hydrogen (secondary N) is 1. The van der Waals surface area contributed by atoms with Crippen LogP contribution in [-0.4, -0.2) is 31.1 Å². The minimum atomic E-state index is -0.0288. The topological polar surface area (TPSA) is 21.3 Å². The van der Waals surface area contributed by atoms with Crippen molar-refractivity contribution in [3.63, 3.8) is 0 Å². The number of hydrogen-bond acceptors (Lipinski definition) is 3. The monoisotopic (exact) mass is 293 g/mol. The Morgan fingerprint density at radius 1 is 1.40 bits per heavy atom. The highest BCUT2D eigenvalue weighted by atomic mass is 32.2. The minimum Gasteiger partial charge on any atom is -0.379 e. The summed E-state index contributed by atoms with van der Waals surface area (Å²) in [6.45, 7) is 7.57. The van der Waals surface area contributed by atoms with Crippen molar-refractivity contribution in [3.05, 3.63) is 29.8 Å². The summed E-state index contributed by atoms with van der Waals surface area (Å²) in [7, 11) is 1.81. The van der Waals surface area contributed by atoms with Gasteiger partial charge in [0.25, 0.3) is 0 Å². The molecule has 0 radical (unpaired) electrons. The summed E-state index contributed by atoms with van der Waals surface area (Å²) in [6.07, 6.45) is 2.25. The zero-order valence-electron chi connectivity index (χ0n) is 13.1. The van der Waals surface area contributed by atoms with Crippen LogP contribution in [0.15, 0.2) is 29.2 Å². The van der Waals surface area contributed by atoms with E-state index in [-0.39, 0.29) is 5.60 Å². The predicted molar refractivity (Wildman–Crippen MR) is 87.7 cm³/mol. The largest absolute Gasteiger partial charge is 0.379 e. The van der Waals surface area contributed by atoms with Crippen molar-refractivity contribution in [2.45, 2.75) is 56.1 Å². The Hall–Kier alpha value is -0.510. The predicted octanol–water partition coefficient (Wildman–Crippen LogP) is 4.06. The average molecular weight is 293 g/mol. The lowest BCUT2D eigenvalue weighted by molar-refractivity contribution is 0.0113. The lowest BCUT2D eigenvalue weighted by Gasteiger charge is -2.29. The van der Waals surface area contributed by atoms with E-state index in [1.807, 2.05) is 18.9 Å². The summed E-state index contributed by atoms with van der Waals surface area (Å²) in [5.74, 6) is 1.83. The molecule has 0 aromatic heterocycles. The highest BCUT2D eigenvalue weighted by Gasteiger charge is 2.31. The van der Waals surface area contributed by atoms with E-state index in [0.29, 0.717) is 12.0 Å². The van der Waals surface area contributed by atoms with Gasteiger partial charge >= 0.3 is 0 Å². The van der Waals surface area contributed by atoms with Crippen LogP contribution in [0.3, 0.4) is 0 Å². The molecule has 1 aliphatic rings. The molecule has 0 saturated heterocycles. The van der Waals surface area contributed by atoms with Gasteiger partial charge in [0.05, 0.1) is 5.60 Å². The fourth-order valence-electron chi connectivity index (χ4n) is 2.83. The first-order valence-corrected chi connectivity index (χ1v) is 8.56. The lowest BCUT2D eigenvalue weighted by Crippen LogP contribution is -2.37. The van der Waals surface area contributed by atoms with Gasteiger partial charge in [0, 0.05) is 29.7 Å². The molecule has 0 fully saturated rings. The van der Waals surface area contributed by atoms with Gasteiger partial charge in [-0.2, -0.15) is 0 Å². The molecule has 2 nitrogen and oxygen atoms in total. The van der Waals surface area contributed by atoms with E-state index < -0.39 is 0 Å². The van der Waals surface area contributed by atoms with Gasteiger partial charge in [-0.1, -0.05) is 25.1 Å². The zero-order chi connectivity index (χ0) is 14.6. The molecule has 0 spiro atoms. The average Bonchev–Trinajstić information content (AvgIpc) is 2.87. The summed E-state index contributed by atoms with van der Waals surface area (Å²) in [5.41, 5.74) is 1.50. The molecule has 0 aliphatic carbocycles. The first-order valence-electron chi connectivity index (χ1n) is 7.57. The zero-order valence-corrected chi connectivity index (χ0v) is 13.9. The van der Waals surface area contributed by atoms with Crippen LogP contribution in [0.2, 0.25) is 0 Å². The molecule has 112 valence electrons. The minimum absolute atomic E-state index is 0.0288. The van der Waals surface area contributed by atoms with Crippen LogP contribution in [0.1, 0.15) is 45.1 Å². The van der Waals surface area contributed by atoms with Gasteiger partial charge in [0.1, 0.15) is 0 Å². The third-order valence-electron chi connectivity index (χ3n) is 4.30. The van der Waals surface area contributed by atoms with Crippen LogP contribution in [0, 0.1) is 0 Å². The Kier molecular flexibility index (Phi) is 5.53. The number of ether oxygens (including phenoxy) is 1. The number of hydrogen-bond donors (Lipinski definition) is 1. The summed E-state index contributed by atoms with van der Waals surface area (Å²) in [6, 6.07) is 9.41. The van der Waals surface area contributed by atoms with E-state index in [1.54, 1.807) is 0 Å². The molecule has 2 rings (SSSR count). The molecule has 2 atom stereocenters. The molecule has 1 aromatic rings. The van der Waals surface area contributed by atoms with Gasteiger partial charge in [0.15, 0.2) is 0 Å². The number of methoxy groups -OCH3 is 1.